The molecular weight excluding hydrogens is 240 g/mol. The Morgan fingerprint density at radius 2 is 2.24 bits per heavy atom. The molecule has 1 aromatic heterocycles. The molecule has 1 rings (SSSR count). The van der Waals surface area contributed by atoms with E-state index in [4.69, 9.17) is 10.3 Å². The van der Waals surface area contributed by atoms with E-state index in [9.17, 15) is 8.42 Å². The predicted octanol–water partition coefficient (Wildman–Crippen LogP) is 1.31. The third-order valence-electron chi connectivity index (χ3n) is 2.81. The molecule has 98 valence electrons. The highest BCUT2D eigenvalue weighted by molar-refractivity contribution is 7.91. The van der Waals surface area contributed by atoms with Gasteiger partial charge in [-0.05, 0) is 31.4 Å². The first-order valence-electron chi connectivity index (χ1n) is 5.70. The number of rotatable bonds is 7. The van der Waals surface area contributed by atoms with Crippen LogP contribution in [0.1, 0.15) is 37.1 Å². The van der Waals surface area contributed by atoms with Crippen molar-refractivity contribution in [2.24, 2.45) is 5.84 Å². The van der Waals surface area contributed by atoms with Gasteiger partial charge in [-0.2, -0.15) is 0 Å². The Balaban J connectivity index is 2.52. The molecule has 0 fully saturated rings. The van der Waals surface area contributed by atoms with Gasteiger partial charge in [-0.1, -0.05) is 6.92 Å². The quantitative estimate of drug-likeness (QED) is 0.570. The summed E-state index contributed by atoms with van der Waals surface area (Å²) in [5.74, 6) is 6.62. The number of sulfone groups is 1. The van der Waals surface area contributed by atoms with E-state index in [0.717, 1.165) is 11.3 Å². The lowest BCUT2D eigenvalue weighted by molar-refractivity contribution is 0.396. The summed E-state index contributed by atoms with van der Waals surface area (Å²) in [5, 5.41) is 0. The Labute approximate surface area is 102 Å². The van der Waals surface area contributed by atoms with Crippen LogP contribution in [0.4, 0.5) is 0 Å². The smallest absolute Gasteiger partial charge is 0.150 e. The zero-order chi connectivity index (χ0) is 12.9. The highest BCUT2D eigenvalue weighted by Gasteiger charge is 2.16. The molecule has 0 aromatic carbocycles. The summed E-state index contributed by atoms with van der Waals surface area (Å²) in [5.41, 5.74) is 3.68. The molecule has 0 spiro atoms. The minimum Gasteiger partial charge on any atom is -0.467 e. The van der Waals surface area contributed by atoms with Crippen molar-refractivity contribution >= 4 is 9.84 Å². The third kappa shape index (κ3) is 4.14. The van der Waals surface area contributed by atoms with Crippen LogP contribution < -0.4 is 11.3 Å². The molecule has 1 atom stereocenters. The van der Waals surface area contributed by atoms with Crippen LogP contribution in [0, 0.1) is 6.92 Å². The molecule has 0 bridgehead atoms. The van der Waals surface area contributed by atoms with Crippen molar-refractivity contribution in [1.82, 2.24) is 5.43 Å². The van der Waals surface area contributed by atoms with E-state index in [2.05, 4.69) is 5.43 Å². The molecule has 5 nitrogen and oxygen atoms in total. The van der Waals surface area contributed by atoms with Gasteiger partial charge in [0.1, 0.15) is 15.6 Å². The Morgan fingerprint density at radius 3 is 2.71 bits per heavy atom. The predicted molar refractivity (Wildman–Crippen MR) is 67.1 cm³/mol. The van der Waals surface area contributed by atoms with Gasteiger partial charge in [-0.15, -0.1) is 0 Å². The van der Waals surface area contributed by atoms with Crippen LogP contribution in [-0.2, 0) is 9.84 Å². The normalized spacial score (nSPS) is 13.8. The molecule has 0 saturated heterocycles. The largest absolute Gasteiger partial charge is 0.467 e. The van der Waals surface area contributed by atoms with Gasteiger partial charge in [0.2, 0.25) is 0 Å². The van der Waals surface area contributed by atoms with E-state index in [-0.39, 0.29) is 17.5 Å². The summed E-state index contributed by atoms with van der Waals surface area (Å²) in [4.78, 5) is 0. The topological polar surface area (TPSA) is 85.3 Å². The number of nitrogens with one attached hydrogen (secondary N) is 1. The van der Waals surface area contributed by atoms with Crippen LogP contribution in [0.15, 0.2) is 16.7 Å². The number of hydrogen-bond acceptors (Lipinski definition) is 5. The van der Waals surface area contributed by atoms with Gasteiger partial charge in [-0.3, -0.25) is 5.84 Å². The first-order chi connectivity index (χ1) is 8.00. The van der Waals surface area contributed by atoms with E-state index in [1.165, 1.54) is 0 Å². The number of hydrogen-bond donors (Lipinski definition) is 2. The van der Waals surface area contributed by atoms with Gasteiger partial charge in [0.05, 0.1) is 18.1 Å². The van der Waals surface area contributed by atoms with Crippen molar-refractivity contribution in [1.29, 1.82) is 0 Å². The Morgan fingerprint density at radius 1 is 1.53 bits per heavy atom. The third-order valence-corrected chi connectivity index (χ3v) is 4.60. The van der Waals surface area contributed by atoms with Crippen LogP contribution in [-0.4, -0.2) is 19.9 Å². The van der Waals surface area contributed by atoms with Crippen LogP contribution >= 0.6 is 0 Å². The first-order valence-corrected chi connectivity index (χ1v) is 7.53. The van der Waals surface area contributed by atoms with Crippen LogP contribution in [0.2, 0.25) is 0 Å². The minimum atomic E-state index is -2.90. The summed E-state index contributed by atoms with van der Waals surface area (Å²) in [7, 11) is -2.90. The number of hydrazine groups is 1. The molecule has 0 saturated carbocycles. The average molecular weight is 260 g/mol. The maximum Gasteiger partial charge on any atom is 0.150 e. The van der Waals surface area contributed by atoms with E-state index in [0.29, 0.717) is 12.8 Å². The fourth-order valence-electron chi connectivity index (χ4n) is 1.68. The zero-order valence-corrected chi connectivity index (χ0v) is 11.1. The maximum absolute atomic E-state index is 11.3. The van der Waals surface area contributed by atoms with Crippen molar-refractivity contribution in [2.45, 2.75) is 32.7 Å². The van der Waals surface area contributed by atoms with Gasteiger partial charge in [0.15, 0.2) is 0 Å². The molecule has 0 aliphatic heterocycles. The second-order valence-corrected chi connectivity index (χ2v) is 6.54. The van der Waals surface area contributed by atoms with Gasteiger partial charge in [0.25, 0.3) is 0 Å². The van der Waals surface area contributed by atoms with E-state index in [1.807, 2.05) is 13.0 Å². The summed E-state index contributed by atoms with van der Waals surface area (Å²) < 4.78 is 28.0. The van der Waals surface area contributed by atoms with Crippen molar-refractivity contribution < 1.29 is 12.8 Å². The minimum absolute atomic E-state index is 0.128. The highest BCUT2D eigenvalue weighted by atomic mass is 32.2. The summed E-state index contributed by atoms with van der Waals surface area (Å²) in [6, 6.07) is 1.74. The SMILES string of the molecule is CCS(=O)(=O)CCCC(NN)c1occc1C. The fourth-order valence-corrected chi connectivity index (χ4v) is 2.58. The average Bonchev–Trinajstić information content (AvgIpc) is 2.71. The van der Waals surface area contributed by atoms with Crippen LogP contribution in [0.3, 0.4) is 0 Å². The van der Waals surface area contributed by atoms with Crippen molar-refractivity contribution in [3.8, 4) is 0 Å². The van der Waals surface area contributed by atoms with E-state index >= 15 is 0 Å². The van der Waals surface area contributed by atoms with Crippen molar-refractivity contribution in [2.75, 3.05) is 11.5 Å². The number of aryl methyl sites for hydroxylation is 1. The summed E-state index contributed by atoms with van der Waals surface area (Å²) in [6.07, 6.45) is 2.83. The van der Waals surface area contributed by atoms with Gasteiger partial charge < -0.3 is 4.42 Å². The lowest BCUT2D eigenvalue weighted by Crippen LogP contribution is -2.28. The molecular formula is C11H20N2O3S. The number of nitrogens with two attached hydrogens (primary N) is 1. The molecule has 3 N–H and O–H groups in total. The van der Waals surface area contributed by atoms with Gasteiger partial charge in [-0.25, -0.2) is 13.8 Å². The lowest BCUT2D eigenvalue weighted by Gasteiger charge is -2.14. The standard InChI is InChI=1S/C11H20N2O3S/c1-3-17(14,15)8-4-5-10(13-12)11-9(2)6-7-16-11/h6-7,10,13H,3-5,8,12H2,1-2H3. The Bertz CT molecular complexity index is 439. The van der Waals surface area contributed by atoms with Crippen LogP contribution in [0.25, 0.3) is 0 Å². The fraction of sp³-hybridized carbons (Fsp3) is 0.636. The second-order valence-electron chi connectivity index (χ2n) is 4.07. The second kappa shape index (κ2) is 6.18. The van der Waals surface area contributed by atoms with Crippen molar-refractivity contribution in [3.63, 3.8) is 0 Å². The molecule has 0 aliphatic carbocycles. The monoisotopic (exact) mass is 260 g/mol. The van der Waals surface area contributed by atoms with E-state index < -0.39 is 9.84 Å². The first kappa shape index (κ1) is 14.2. The lowest BCUT2D eigenvalue weighted by atomic mass is 10.1. The Kier molecular flexibility index (Phi) is 5.17. The molecule has 6 heteroatoms. The van der Waals surface area contributed by atoms with Crippen LogP contribution in [0.5, 0.6) is 0 Å². The molecule has 17 heavy (non-hydrogen) atoms. The highest BCUT2D eigenvalue weighted by Crippen LogP contribution is 2.22. The molecule has 1 aromatic rings. The van der Waals surface area contributed by atoms with E-state index in [1.54, 1.807) is 13.2 Å². The van der Waals surface area contributed by atoms with Gasteiger partial charge >= 0.3 is 0 Å². The summed E-state index contributed by atoms with van der Waals surface area (Å²) >= 11 is 0. The van der Waals surface area contributed by atoms with Gasteiger partial charge in [0, 0.05) is 5.75 Å². The Hall–Kier alpha value is -0.850. The molecule has 0 aliphatic rings. The molecule has 1 unspecified atom stereocenters. The summed E-state index contributed by atoms with van der Waals surface area (Å²) in [6.45, 7) is 3.59. The maximum atomic E-state index is 11.3. The molecule has 0 amide bonds. The molecule has 0 radical (unpaired) electrons. The number of furan rings is 1. The van der Waals surface area contributed by atoms with Crippen molar-refractivity contribution in [3.05, 3.63) is 23.7 Å². The zero-order valence-electron chi connectivity index (χ0n) is 10.3. The molecule has 1 heterocycles.